The maximum absolute atomic E-state index is 13.7. The number of carbonyl (C=O) groups is 1. The fourth-order valence-electron chi connectivity index (χ4n) is 1.58. The molecule has 1 rings (SSSR count). The van der Waals surface area contributed by atoms with E-state index in [2.05, 4.69) is 11.8 Å². The van der Waals surface area contributed by atoms with Crippen molar-refractivity contribution in [1.29, 1.82) is 0 Å². The summed E-state index contributed by atoms with van der Waals surface area (Å²) < 4.78 is 13.7. The third kappa shape index (κ3) is 3.31. The monoisotopic (exact) mass is 249 g/mol. The second-order valence-corrected chi connectivity index (χ2v) is 3.63. The van der Waals surface area contributed by atoms with Gasteiger partial charge in [-0.25, -0.2) is 4.39 Å². The Hall–Kier alpha value is -1.86. The molecule has 0 radical (unpaired) electrons. The Morgan fingerprint density at radius 1 is 1.39 bits per heavy atom. The van der Waals surface area contributed by atoms with Crippen molar-refractivity contribution in [3.63, 3.8) is 0 Å². The van der Waals surface area contributed by atoms with E-state index in [1.165, 1.54) is 12.1 Å². The lowest BCUT2D eigenvalue weighted by Gasteiger charge is -2.18. The molecule has 1 aromatic rings. The Balaban J connectivity index is 3.00. The van der Waals surface area contributed by atoms with Crippen LogP contribution in [0.25, 0.3) is 0 Å². The van der Waals surface area contributed by atoms with Crippen LogP contribution in [-0.4, -0.2) is 35.6 Å². The lowest BCUT2D eigenvalue weighted by molar-refractivity contribution is 0.0772. The topological polar surface area (TPSA) is 40.5 Å². The maximum Gasteiger partial charge on any atom is 0.253 e. The fraction of sp³-hybridized carbons (Fsp3) is 0.357. The maximum atomic E-state index is 13.7. The summed E-state index contributed by atoms with van der Waals surface area (Å²) in [6.07, 6.45) is 0. The molecule has 0 unspecified atom stereocenters. The van der Waals surface area contributed by atoms with E-state index >= 15 is 0 Å². The average Bonchev–Trinajstić information content (AvgIpc) is 2.38. The number of nitrogens with zero attached hydrogens (tertiary/aromatic N) is 1. The predicted molar refractivity (Wildman–Crippen MR) is 67.6 cm³/mol. The first-order valence-electron chi connectivity index (χ1n) is 5.82. The molecule has 0 fully saturated rings. The van der Waals surface area contributed by atoms with E-state index in [4.69, 9.17) is 5.11 Å². The van der Waals surface area contributed by atoms with Crippen molar-refractivity contribution in [3.8, 4) is 11.8 Å². The summed E-state index contributed by atoms with van der Waals surface area (Å²) in [5.41, 5.74) is 0.492. The first-order valence-corrected chi connectivity index (χ1v) is 5.82. The summed E-state index contributed by atoms with van der Waals surface area (Å²) in [6, 6.07) is 4.18. The van der Waals surface area contributed by atoms with Gasteiger partial charge in [0.15, 0.2) is 0 Å². The van der Waals surface area contributed by atoms with E-state index < -0.39 is 5.82 Å². The van der Waals surface area contributed by atoms with Crippen LogP contribution in [-0.2, 0) is 0 Å². The van der Waals surface area contributed by atoms with Crippen LogP contribution in [0.5, 0.6) is 0 Å². The molecule has 0 saturated heterocycles. The van der Waals surface area contributed by atoms with Gasteiger partial charge in [0, 0.05) is 18.7 Å². The second kappa shape index (κ2) is 6.77. The van der Waals surface area contributed by atoms with Crippen molar-refractivity contribution in [2.75, 3.05) is 19.7 Å². The average molecular weight is 249 g/mol. The van der Waals surface area contributed by atoms with Crippen molar-refractivity contribution in [2.45, 2.75) is 13.8 Å². The van der Waals surface area contributed by atoms with Crippen LogP contribution in [0.1, 0.15) is 29.8 Å². The molecule has 0 atom stereocenters. The Bertz CT molecular complexity index is 484. The summed E-state index contributed by atoms with van der Waals surface area (Å²) in [5, 5.41) is 8.54. The zero-order valence-corrected chi connectivity index (χ0v) is 10.5. The third-order valence-electron chi connectivity index (χ3n) is 2.57. The first kappa shape index (κ1) is 14.2. The molecule has 0 spiro atoms. The van der Waals surface area contributed by atoms with Crippen LogP contribution < -0.4 is 0 Å². The van der Waals surface area contributed by atoms with Crippen LogP contribution in [0.4, 0.5) is 4.39 Å². The largest absolute Gasteiger partial charge is 0.384 e. The molecule has 1 amide bonds. The number of aliphatic hydroxyl groups excluding tert-OH is 1. The molecule has 3 nitrogen and oxygen atoms in total. The highest BCUT2D eigenvalue weighted by molar-refractivity contribution is 5.94. The standard InChI is InChI=1S/C14H16FNO2/c1-3-16(4-2)14(18)12-8-7-11(6-5-9-17)13(15)10-12/h7-8,10,17H,3-4,9H2,1-2H3. The molecule has 96 valence electrons. The van der Waals surface area contributed by atoms with Crippen LogP contribution in [0, 0.1) is 17.7 Å². The molecule has 0 saturated carbocycles. The number of halogens is 1. The molecule has 18 heavy (non-hydrogen) atoms. The van der Waals surface area contributed by atoms with Crippen molar-refractivity contribution >= 4 is 5.91 Å². The van der Waals surface area contributed by atoms with Gasteiger partial charge >= 0.3 is 0 Å². The summed E-state index contributed by atoms with van der Waals surface area (Å²) in [4.78, 5) is 13.6. The quantitative estimate of drug-likeness (QED) is 0.827. The van der Waals surface area contributed by atoms with Gasteiger partial charge in [0.1, 0.15) is 12.4 Å². The zero-order chi connectivity index (χ0) is 13.5. The molecule has 0 heterocycles. The Labute approximate surface area is 106 Å². The molecule has 0 aliphatic carbocycles. The van der Waals surface area contributed by atoms with E-state index in [1.807, 2.05) is 13.8 Å². The molecule has 0 aliphatic heterocycles. The van der Waals surface area contributed by atoms with Crippen LogP contribution >= 0.6 is 0 Å². The van der Waals surface area contributed by atoms with Gasteiger partial charge in [-0.2, -0.15) is 0 Å². The van der Waals surface area contributed by atoms with Gasteiger partial charge < -0.3 is 10.0 Å². The molecule has 0 bridgehead atoms. The van der Waals surface area contributed by atoms with E-state index in [-0.39, 0.29) is 18.1 Å². The normalized spacial score (nSPS) is 9.56. The van der Waals surface area contributed by atoms with Gasteiger partial charge in [0.2, 0.25) is 0 Å². The van der Waals surface area contributed by atoms with Crippen LogP contribution in [0.15, 0.2) is 18.2 Å². The lowest BCUT2D eigenvalue weighted by Crippen LogP contribution is -2.30. The molecule has 0 aliphatic rings. The number of aliphatic hydroxyl groups is 1. The number of carbonyl (C=O) groups excluding carboxylic acids is 1. The van der Waals surface area contributed by atoms with Gasteiger partial charge in [0.25, 0.3) is 5.91 Å². The predicted octanol–water partition coefficient (Wildman–Crippen LogP) is 1.65. The number of benzene rings is 1. The molecule has 1 N–H and O–H groups in total. The van der Waals surface area contributed by atoms with E-state index in [0.717, 1.165) is 0 Å². The molecule has 0 aromatic heterocycles. The van der Waals surface area contributed by atoms with Crippen molar-refractivity contribution in [3.05, 3.63) is 35.1 Å². The van der Waals surface area contributed by atoms with Gasteiger partial charge in [-0.15, -0.1) is 0 Å². The number of rotatable bonds is 3. The smallest absolute Gasteiger partial charge is 0.253 e. The minimum Gasteiger partial charge on any atom is -0.384 e. The fourth-order valence-corrected chi connectivity index (χ4v) is 1.58. The van der Waals surface area contributed by atoms with E-state index in [9.17, 15) is 9.18 Å². The number of hydrogen-bond donors (Lipinski definition) is 1. The van der Waals surface area contributed by atoms with Crippen molar-refractivity contribution in [2.24, 2.45) is 0 Å². The Morgan fingerprint density at radius 3 is 2.56 bits per heavy atom. The molecule has 1 aromatic carbocycles. The second-order valence-electron chi connectivity index (χ2n) is 3.63. The highest BCUT2D eigenvalue weighted by Crippen LogP contribution is 2.11. The SMILES string of the molecule is CCN(CC)C(=O)c1ccc(C#CCO)c(F)c1. The summed E-state index contributed by atoms with van der Waals surface area (Å²) in [5.74, 6) is 4.11. The first-order chi connectivity index (χ1) is 8.63. The Kier molecular flexibility index (Phi) is 5.34. The number of hydrogen-bond acceptors (Lipinski definition) is 2. The highest BCUT2D eigenvalue weighted by Gasteiger charge is 2.13. The molecular weight excluding hydrogens is 233 g/mol. The number of amides is 1. The van der Waals surface area contributed by atoms with E-state index in [1.54, 1.807) is 11.0 Å². The summed E-state index contributed by atoms with van der Waals surface area (Å²) in [6.45, 7) is 4.60. The van der Waals surface area contributed by atoms with E-state index in [0.29, 0.717) is 18.7 Å². The van der Waals surface area contributed by atoms with Crippen molar-refractivity contribution < 1.29 is 14.3 Å². The highest BCUT2D eigenvalue weighted by atomic mass is 19.1. The zero-order valence-electron chi connectivity index (χ0n) is 10.5. The molecule has 4 heteroatoms. The van der Waals surface area contributed by atoms with Gasteiger partial charge in [-0.05, 0) is 32.0 Å². The third-order valence-corrected chi connectivity index (χ3v) is 2.57. The van der Waals surface area contributed by atoms with Crippen LogP contribution in [0.2, 0.25) is 0 Å². The summed E-state index contributed by atoms with van der Waals surface area (Å²) in [7, 11) is 0. The van der Waals surface area contributed by atoms with Gasteiger partial charge in [0.05, 0.1) is 5.56 Å². The van der Waals surface area contributed by atoms with Crippen molar-refractivity contribution in [1.82, 2.24) is 4.90 Å². The lowest BCUT2D eigenvalue weighted by atomic mass is 10.1. The molecular formula is C14H16FNO2. The van der Waals surface area contributed by atoms with Gasteiger partial charge in [-0.1, -0.05) is 11.8 Å². The Morgan fingerprint density at radius 2 is 2.06 bits per heavy atom. The van der Waals surface area contributed by atoms with Crippen LogP contribution in [0.3, 0.4) is 0 Å². The minimum atomic E-state index is -0.547. The van der Waals surface area contributed by atoms with Gasteiger partial charge in [-0.3, -0.25) is 4.79 Å². The summed E-state index contributed by atoms with van der Waals surface area (Å²) >= 11 is 0. The minimum absolute atomic E-state index is 0.181.